The van der Waals surface area contributed by atoms with E-state index in [1.165, 1.54) is 12.7 Å². The van der Waals surface area contributed by atoms with E-state index in [9.17, 15) is 9.59 Å². The molecule has 1 saturated heterocycles. The number of benzene rings is 1. The number of carbonyl (C=O) groups is 2. The number of rotatable bonds is 2. The number of amides is 1. The van der Waals surface area contributed by atoms with E-state index in [0.717, 1.165) is 28.2 Å². The zero-order chi connectivity index (χ0) is 18.1. The Balaban J connectivity index is 1.97. The highest BCUT2D eigenvalue weighted by atomic mass is 16.5. The molecule has 2 heterocycles. The Morgan fingerprint density at radius 2 is 1.88 bits per heavy atom. The lowest BCUT2D eigenvalue weighted by Crippen LogP contribution is -2.24. The Morgan fingerprint density at radius 3 is 2.60 bits per heavy atom. The van der Waals surface area contributed by atoms with Gasteiger partial charge in [0.15, 0.2) is 0 Å². The number of ether oxygens (including phenoxy) is 1. The second-order valence-corrected chi connectivity index (χ2v) is 5.68. The minimum absolute atomic E-state index is 0.0505. The van der Waals surface area contributed by atoms with Crippen LogP contribution in [0.4, 0.5) is 5.95 Å². The molecule has 1 amide bonds. The van der Waals surface area contributed by atoms with Crippen LogP contribution in [0.1, 0.15) is 16.8 Å². The fraction of sp³-hybridized carbons (Fsp3) is 0.235. The lowest BCUT2D eigenvalue weighted by Gasteiger charge is -2.06. The lowest BCUT2D eigenvalue weighted by molar-refractivity contribution is -0.135. The second kappa shape index (κ2) is 6.31. The van der Waals surface area contributed by atoms with E-state index in [0.29, 0.717) is 0 Å². The van der Waals surface area contributed by atoms with E-state index >= 15 is 0 Å². The van der Waals surface area contributed by atoms with Crippen LogP contribution < -0.4 is 10.6 Å². The van der Waals surface area contributed by atoms with Crippen LogP contribution in [0.25, 0.3) is 10.9 Å². The van der Waals surface area contributed by atoms with Gasteiger partial charge in [0, 0.05) is 5.39 Å². The summed E-state index contributed by atoms with van der Waals surface area (Å²) in [7, 11) is 1.23. The first-order chi connectivity index (χ1) is 11.9. The number of aromatic nitrogens is 2. The van der Waals surface area contributed by atoms with E-state index in [-0.39, 0.29) is 17.6 Å². The van der Waals surface area contributed by atoms with Crippen LogP contribution in [0, 0.1) is 20.8 Å². The highest BCUT2D eigenvalue weighted by Gasteiger charge is 2.23. The highest BCUT2D eigenvalue weighted by Crippen LogP contribution is 2.22. The van der Waals surface area contributed by atoms with Gasteiger partial charge in [0.2, 0.25) is 5.96 Å². The smallest absolute Gasteiger partial charge is 0.332 e. The normalized spacial score (nSPS) is 17.0. The van der Waals surface area contributed by atoms with Crippen molar-refractivity contribution in [2.24, 2.45) is 4.99 Å². The molecule has 2 aromatic rings. The van der Waals surface area contributed by atoms with Gasteiger partial charge in [-0.15, -0.1) is 0 Å². The summed E-state index contributed by atoms with van der Waals surface area (Å²) in [6.45, 7) is 5.93. The number of nitrogens with one attached hydrogen (secondary N) is 2. The molecule has 0 aliphatic carbocycles. The van der Waals surface area contributed by atoms with Crippen LogP contribution in [-0.2, 0) is 14.3 Å². The van der Waals surface area contributed by atoms with Gasteiger partial charge in [-0.25, -0.2) is 14.8 Å². The molecular weight excluding hydrogens is 322 g/mol. The van der Waals surface area contributed by atoms with Gasteiger partial charge in [-0.05, 0) is 44.0 Å². The lowest BCUT2D eigenvalue weighted by atomic mass is 10.1. The molecule has 0 bridgehead atoms. The molecule has 1 aromatic heterocycles. The fourth-order valence-corrected chi connectivity index (χ4v) is 2.40. The molecule has 0 radical (unpaired) electrons. The van der Waals surface area contributed by atoms with Crippen molar-refractivity contribution >= 4 is 34.7 Å². The predicted octanol–water partition coefficient (Wildman–Crippen LogP) is 1.32. The van der Waals surface area contributed by atoms with Gasteiger partial charge < -0.3 is 10.1 Å². The highest BCUT2D eigenvalue weighted by molar-refractivity contribution is 6.15. The molecule has 0 unspecified atom stereocenters. The van der Waals surface area contributed by atoms with E-state index in [4.69, 9.17) is 0 Å². The van der Waals surface area contributed by atoms with Crippen LogP contribution in [0.15, 0.2) is 28.9 Å². The predicted molar refractivity (Wildman–Crippen MR) is 92.2 cm³/mol. The summed E-state index contributed by atoms with van der Waals surface area (Å²) in [6.07, 6.45) is 1.05. The molecule has 1 aromatic carbocycles. The summed E-state index contributed by atoms with van der Waals surface area (Å²) in [5.74, 6) is -0.742. The maximum atomic E-state index is 11.8. The SMILES string of the molecule is COC(=O)/C=C1\NC(=Nc2nc(C)c3cc(C)c(C)cc3n2)NC1=O. The standard InChI is InChI=1S/C17H17N5O3/c1-8-5-11-10(3)18-16(19-12(11)6-9(8)2)22-17-20-13(15(24)21-17)7-14(23)25-4/h5-7H,1-4H3,(H2,18,19,20,21,22,24)/b13-7-. The van der Waals surface area contributed by atoms with E-state index in [1.54, 1.807) is 0 Å². The van der Waals surface area contributed by atoms with Gasteiger partial charge >= 0.3 is 5.97 Å². The number of carbonyl (C=O) groups excluding carboxylic acids is 2. The number of nitrogens with zero attached hydrogens (tertiary/aromatic N) is 3. The quantitative estimate of drug-likeness (QED) is 0.631. The fourth-order valence-electron chi connectivity index (χ4n) is 2.40. The maximum Gasteiger partial charge on any atom is 0.332 e. The first-order valence-electron chi connectivity index (χ1n) is 7.59. The average Bonchev–Trinajstić information content (AvgIpc) is 2.88. The van der Waals surface area contributed by atoms with Crippen molar-refractivity contribution in [1.82, 2.24) is 20.6 Å². The largest absolute Gasteiger partial charge is 0.466 e. The van der Waals surface area contributed by atoms with Crippen molar-refractivity contribution in [3.8, 4) is 0 Å². The van der Waals surface area contributed by atoms with Crippen LogP contribution in [0.5, 0.6) is 0 Å². The van der Waals surface area contributed by atoms with Crippen LogP contribution in [0.3, 0.4) is 0 Å². The minimum atomic E-state index is -0.637. The van der Waals surface area contributed by atoms with Crippen molar-refractivity contribution in [3.05, 3.63) is 40.7 Å². The Kier molecular flexibility index (Phi) is 4.18. The molecule has 0 atom stereocenters. The zero-order valence-corrected chi connectivity index (χ0v) is 14.3. The molecule has 2 N–H and O–H groups in total. The summed E-state index contributed by atoms with van der Waals surface area (Å²) in [5.41, 5.74) is 3.92. The number of fused-ring (bicyclic) bond motifs is 1. The summed E-state index contributed by atoms with van der Waals surface area (Å²) in [4.78, 5) is 36.1. The van der Waals surface area contributed by atoms with Gasteiger partial charge in [-0.2, -0.15) is 4.99 Å². The number of hydrogen-bond donors (Lipinski definition) is 2. The van der Waals surface area contributed by atoms with Gasteiger partial charge in [0.05, 0.1) is 24.4 Å². The number of esters is 1. The first kappa shape index (κ1) is 16.6. The van der Waals surface area contributed by atoms with Crippen LogP contribution in [0.2, 0.25) is 0 Å². The van der Waals surface area contributed by atoms with Crippen molar-refractivity contribution in [1.29, 1.82) is 0 Å². The summed E-state index contributed by atoms with van der Waals surface area (Å²) < 4.78 is 4.50. The average molecular weight is 339 g/mol. The third-order valence-corrected chi connectivity index (χ3v) is 3.89. The van der Waals surface area contributed by atoms with Gasteiger partial charge in [-0.3, -0.25) is 10.1 Å². The third-order valence-electron chi connectivity index (χ3n) is 3.89. The number of guanidine groups is 1. The molecule has 1 aliphatic rings. The van der Waals surface area contributed by atoms with Gasteiger partial charge in [0.25, 0.3) is 11.9 Å². The number of aliphatic imine (C=N–C) groups is 1. The van der Waals surface area contributed by atoms with E-state index in [1.807, 2.05) is 32.9 Å². The molecule has 128 valence electrons. The van der Waals surface area contributed by atoms with Gasteiger partial charge in [-0.1, -0.05) is 0 Å². The molecule has 1 aliphatic heterocycles. The second-order valence-electron chi connectivity index (χ2n) is 5.68. The van der Waals surface area contributed by atoms with Gasteiger partial charge in [0.1, 0.15) is 5.70 Å². The van der Waals surface area contributed by atoms with Crippen LogP contribution in [-0.4, -0.2) is 34.9 Å². The topological polar surface area (TPSA) is 106 Å². The van der Waals surface area contributed by atoms with Crippen molar-refractivity contribution in [2.75, 3.05) is 7.11 Å². The number of aryl methyl sites for hydroxylation is 3. The summed E-state index contributed by atoms with van der Waals surface area (Å²) in [5, 5.41) is 6.19. The molecule has 8 nitrogen and oxygen atoms in total. The Bertz CT molecular complexity index is 962. The molecule has 25 heavy (non-hydrogen) atoms. The van der Waals surface area contributed by atoms with Crippen LogP contribution >= 0.6 is 0 Å². The molecule has 0 spiro atoms. The first-order valence-corrected chi connectivity index (χ1v) is 7.59. The molecule has 8 heteroatoms. The number of methoxy groups -OCH3 is 1. The van der Waals surface area contributed by atoms with Crippen molar-refractivity contribution in [2.45, 2.75) is 20.8 Å². The monoisotopic (exact) mass is 339 g/mol. The zero-order valence-electron chi connectivity index (χ0n) is 14.3. The molecule has 3 rings (SSSR count). The van der Waals surface area contributed by atoms with E-state index < -0.39 is 11.9 Å². The number of hydrogen-bond acceptors (Lipinski definition) is 6. The Labute approximate surface area is 144 Å². The summed E-state index contributed by atoms with van der Waals surface area (Å²) >= 11 is 0. The van der Waals surface area contributed by atoms with Crippen molar-refractivity contribution < 1.29 is 14.3 Å². The minimum Gasteiger partial charge on any atom is -0.466 e. The Hall–Kier alpha value is -3.29. The van der Waals surface area contributed by atoms with Crippen molar-refractivity contribution in [3.63, 3.8) is 0 Å². The maximum absolute atomic E-state index is 11.8. The van der Waals surface area contributed by atoms with E-state index in [2.05, 4.69) is 30.3 Å². The molecule has 1 fully saturated rings. The third kappa shape index (κ3) is 3.32. The molecular formula is C17H17N5O3. The summed E-state index contributed by atoms with van der Waals surface area (Å²) in [6, 6.07) is 4.02. The molecule has 0 saturated carbocycles. The Morgan fingerprint density at radius 1 is 1.16 bits per heavy atom.